The van der Waals surface area contributed by atoms with Gasteiger partial charge in [-0.05, 0) is 62.2 Å². The average Bonchev–Trinajstić information content (AvgIpc) is 3.76. The second-order valence-corrected chi connectivity index (χ2v) is 12.2. The Hall–Kier alpha value is -4.57. The Kier molecular flexibility index (Phi) is 7.16. The Morgan fingerprint density at radius 3 is 2.75 bits per heavy atom. The van der Waals surface area contributed by atoms with E-state index in [1.807, 2.05) is 34.9 Å². The number of hydrogen-bond acceptors (Lipinski definition) is 9. The van der Waals surface area contributed by atoms with Crippen LogP contribution in [0.3, 0.4) is 0 Å². The second-order valence-electron chi connectivity index (χ2n) is 11.2. The third-order valence-corrected chi connectivity index (χ3v) is 9.42. The molecule has 0 saturated carbocycles. The average molecular weight is 614 g/mol. The van der Waals surface area contributed by atoms with Crippen LogP contribution in [0.15, 0.2) is 65.4 Å². The topological polar surface area (TPSA) is 127 Å². The molecule has 5 heterocycles. The number of carbonyl (C=O) groups is 1. The summed E-state index contributed by atoms with van der Waals surface area (Å²) in [5.74, 6) is -0.734. The number of hydrogen-bond donors (Lipinski definition) is 1. The number of piperidine rings is 1. The summed E-state index contributed by atoms with van der Waals surface area (Å²) in [6, 6.07) is 15.7. The molecule has 1 N–H and O–H groups in total. The number of fused-ring (bicyclic) bond motifs is 2. The van der Waals surface area contributed by atoms with Gasteiger partial charge in [0.15, 0.2) is 0 Å². The molecule has 2 aliphatic rings. The Morgan fingerprint density at radius 1 is 1.20 bits per heavy atom. The van der Waals surface area contributed by atoms with Gasteiger partial charge in [0.2, 0.25) is 11.7 Å². The van der Waals surface area contributed by atoms with Crippen LogP contribution in [-0.4, -0.2) is 43.6 Å². The number of nitrogens with zero attached hydrogens (tertiary/aromatic N) is 5. The Morgan fingerprint density at radius 2 is 2.02 bits per heavy atom. The van der Waals surface area contributed by atoms with Crippen LogP contribution in [0.2, 0.25) is 0 Å². The summed E-state index contributed by atoms with van der Waals surface area (Å²) in [6.07, 6.45) is 4.46. The molecular formula is C32H28FN5O5S. The number of nitriles is 1. The number of aromatic carboxylic acids is 1. The molecule has 5 aromatic rings. The molecule has 0 spiro atoms. The number of carboxylic acid groups (broad SMARTS) is 1. The summed E-state index contributed by atoms with van der Waals surface area (Å²) in [5, 5.41) is 18.7. The predicted octanol–water partition coefficient (Wildman–Crippen LogP) is 6.08. The number of oxazole rings is 1. The highest BCUT2D eigenvalue weighted by Gasteiger charge is 2.44. The summed E-state index contributed by atoms with van der Waals surface area (Å²) in [7, 11) is 0. The zero-order valence-corrected chi connectivity index (χ0v) is 24.6. The zero-order valence-electron chi connectivity index (χ0n) is 23.8. The molecule has 44 heavy (non-hydrogen) atoms. The van der Waals surface area contributed by atoms with E-state index < -0.39 is 17.6 Å². The molecule has 0 aliphatic carbocycles. The van der Waals surface area contributed by atoms with Crippen LogP contribution in [0.5, 0.6) is 5.75 Å². The van der Waals surface area contributed by atoms with Gasteiger partial charge in [0.1, 0.15) is 39.9 Å². The van der Waals surface area contributed by atoms with Crippen molar-refractivity contribution in [2.45, 2.75) is 44.7 Å². The van der Waals surface area contributed by atoms with Crippen molar-refractivity contribution in [3.05, 3.63) is 100 Å². The van der Waals surface area contributed by atoms with E-state index >= 15 is 4.39 Å². The molecule has 224 valence electrons. The number of thiophene rings is 1. The maximum absolute atomic E-state index is 15.2. The molecule has 10 nitrogen and oxygen atoms in total. The quantitative estimate of drug-likeness (QED) is 0.232. The number of imidazole rings is 1. The fourth-order valence-corrected chi connectivity index (χ4v) is 7.11. The van der Waals surface area contributed by atoms with E-state index in [0.717, 1.165) is 54.2 Å². The van der Waals surface area contributed by atoms with Crippen molar-refractivity contribution in [1.82, 2.24) is 19.4 Å². The highest BCUT2D eigenvalue weighted by molar-refractivity contribution is 7.20. The largest absolute Gasteiger partial charge is 0.477 e. The van der Waals surface area contributed by atoms with Crippen LogP contribution in [0.1, 0.15) is 63.9 Å². The molecule has 2 aromatic carbocycles. The van der Waals surface area contributed by atoms with Crippen molar-refractivity contribution in [2.75, 3.05) is 13.1 Å². The van der Waals surface area contributed by atoms with Crippen molar-refractivity contribution in [1.29, 1.82) is 5.26 Å². The summed E-state index contributed by atoms with van der Waals surface area (Å²) in [6.45, 7) is 4.23. The summed E-state index contributed by atoms with van der Waals surface area (Å²) in [4.78, 5) is 23.9. The number of aromatic nitrogens is 3. The standard InChI is InChI=1S/C32H28FN5O5S/c1-32(22-7-6-19(16-34)14-23(22)33)42-25-5-3-2-4-21(25)29(43-32)20-8-11-37(12-9-20)17-27-36-30-24(15-26(44-30)31(39)40)38(27)18-28-35-10-13-41-28/h2-7,10,13-15,20,29H,8-9,11-12,17-18H2,1H3,(H,39,40). The highest BCUT2D eigenvalue weighted by Crippen LogP contribution is 2.48. The van der Waals surface area contributed by atoms with Gasteiger partial charge in [0.25, 0.3) is 0 Å². The molecule has 1 fully saturated rings. The molecule has 3 aromatic heterocycles. The van der Waals surface area contributed by atoms with Crippen LogP contribution < -0.4 is 4.74 Å². The van der Waals surface area contributed by atoms with E-state index in [9.17, 15) is 15.2 Å². The van der Waals surface area contributed by atoms with Gasteiger partial charge in [-0.1, -0.05) is 18.2 Å². The van der Waals surface area contributed by atoms with Crippen LogP contribution in [0, 0.1) is 23.1 Å². The predicted molar refractivity (Wildman–Crippen MR) is 158 cm³/mol. The summed E-state index contributed by atoms with van der Waals surface area (Å²) in [5.41, 5.74) is 2.17. The van der Waals surface area contributed by atoms with Crippen molar-refractivity contribution >= 4 is 27.7 Å². The van der Waals surface area contributed by atoms with Crippen LogP contribution >= 0.6 is 11.3 Å². The molecule has 2 unspecified atom stereocenters. The Balaban J connectivity index is 1.11. The third-order valence-electron chi connectivity index (χ3n) is 8.41. The SMILES string of the molecule is CC1(c2ccc(C#N)cc2F)Oc2ccccc2C(C2CCN(Cc3nc4sc(C(=O)O)cc4n3Cc3ncco3)CC2)O1. The minimum absolute atomic E-state index is 0.158. The Labute approximate surface area is 255 Å². The molecule has 2 aliphatic heterocycles. The maximum atomic E-state index is 15.2. The number of rotatable bonds is 7. The van der Waals surface area contributed by atoms with Gasteiger partial charge in [-0.25, -0.2) is 19.2 Å². The maximum Gasteiger partial charge on any atom is 0.346 e. The van der Waals surface area contributed by atoms with Crippen molar-refractivity contribution in [3.63, 3.8) is 0 Å². The van der Waals surface area contributed by atoms with E-state index in [0.29, 0.717) is 29.6 Å². The van der Waals surface area contributed by atoms with E-state index in [-0.39, 0.29) is 28.0 Å². The van der Waals surface area contributed by atoms with E-state index in [1.54, 1.807) is 31.3 Å². The van der Waals surface area contributed by atoms with Gasteiger partial charge in [-0.15, -0.1) is 11.3 Å². The number of halogens is 1. The smallest absolute Gasteiger partial charge is 0.346 e. The first-order chi connectivity index (χ1) is 21.3. The third kappa shape index (κ3) is 5.13. The van der Waals surface area contributed by atoms with Crippen molar-refractivity contribution in [3.8, 4) is 11.8 Å². The number of para-hydroxylation sites is 1. The van der Waals surface area contributed by atoms with Gasteiger partial charge < -0.3 is 23.6 Å². The first kappa shape index (κ1) is 28.2. The van der Waals surface area contributed by atoms with Gasteiger partial charge in [0.05, 0.1) is 41.6 Å². The molecule has 7 rings (SSSR count). The van der Waals surface area contributed by atoms with E-state index in [4.69, 9.17) is 18.9 Å². The lowest BCUT2D eigenvalue weighted by molar-refractivity contribution is -0.243. The fraction of sp³-hybridized carbons (Fsp3) is 0.312. The Bertz CT molecular complexity index is 1890. The molecule has 0 radical (unpaired) electrons. The lowest BCUT2D eigenvalue weighted by Crippen LogP contribution is -2.43. The second kappa shape index (κ2) is 11.2. The lowest BCUT2D eigenvalue weighted by atomic mass is 9.85. The monoisotopic (exact) mass is 613 g/mol. The normalized spacial score (nSPS) is 20.7. The summed E-state index contributed by atoms with van der Waals surface area (Å²) >= 11 is 1.16. The minimum Gasteiger partial charge on any atom is -0.477 e. The van der Waals surface area contributed by atoms with Gasteiger partial charge in [-0.3, -0.25) is 4.90 Å². The lowest BCUT2D eigenvalue weighted by Gasteiger charge is -2.44. The zero-order chi connectivity index (χ0) is 30.4. The molecule has 2 atom stereocenters. The molecule has 12 heteroatoms. The van der Waals surface area contributed by atoms with Crippen LogP contribution in [0.4, 0.5) is 4.39 Å². The molecule has 0 bridgehead atoms. The first-order valence-corrected chi connectivity index (χ1v) is 15.1. The van der Waals surface area contributed by atoms with Crippen molar-refractivity contribution < 1.29 is 28.2 Å². The molecular weight excluding hydrogens is 585 g/mol. The number of ether oxygens (including phenoxy) is 2. The van der Waals surface area contributed by atoms with Gasteiger partial charge >= 0.3 is 5.97 Å². The molecule has 0 amide bonds. The summed E-state index contributed by atoms with van der Waals surface area (Å²) < 4.78 is 35.5. The number of benzene rings is 2. The fourth-order valence-electron chi connectivity index (χ4n) is 6.21. The van der Waals surface area contributed by atoms with Crippen molar-refractivity contribution in [2.24, 2.45) is 5.92 Å². The minimum atomic E-state index is -1.36. The van der Waals surface area contributed by atoms with Gasteiger partial charge in [-0.2, -0.15) is 5.26 Å². The number of likely N-dealkylation sites (tertiary alicyclic amines) is 1. The molecule has 1 saturated heterocycles. The highest BCUT2D eigenvalue weighted by atomic mass is 32.1. The van der Waals surface area contributed by atoms with Crippen LogP contribution in [-0.2, 0) is 23.6 Å². The van der Waals surface area contributed by atoms with Gasteiger partial charge in [0, 0.05) is 12.5 Å². The van der Waals surface area contributed by atoms with Crippen LogP contribution in [0.25, 0.3) is 10.3 Å². The van der Waals surface area contributed by atoms with E-state index in [2.05, 4.69) is 9.88 Å². The first-order valence-electron chi connectivity index (χ1n) is 14.3. The number of carboxylic acids is 1. The van der Waals surface area contributed by atoms with E-state index in [1.165, 1.54) is 12.3 Å².